The molecule has 0 bridgehead atoms. The molecule has 10 nitrogen and oxygen atoms in total. The highest BCUT2D eigenvalue weighted by atomic mass is 35.5. The van der Waals surface area contributed by atoms with Crippen molar-refractivity contribution < 1.29 is 28.6 Å². The molecule has 6 aromatic carbocycles. The number of carbonyl (C=O) groups is 3. The SMILES string of the molecule is CC[C@@H](c1ccccc1)N1Cc2cc3c(cc2C[C@H]1C(=O)N[C@@H](Cc1ccc(-c2ccc(C#N)cc2)cc1)C(=O)OC)N(C)C(=O)[C@H](c1ccc(OCc2ccc(Cl)c(Cl)c2)cc1)O3. The fourth-order valence-electron chi connectivity index (χ4n) is 8.51. The smallest absolute Gasteiger partial charge is 0.328 e. The van der Waals surface area contributed by atoms with Gasteiger partial charge in [0.25, 0.3) is 5.91 Å². The molecule has 2 heterocycles. The minimum atomic E-state index is -0.945. The van der Waals surface area contributed by atoms with Crippen molar-refractivity contribution in [3.8, 4) is 28.7 Å². The lowest BCUT2D eigenvalue weighted by Gasteiger charge is -2.42. The molecule has 0 saturated heterocycles. The summed E-state index contributed by atoms with van der Waals surface area (Å²) in [5.41, 5.74) is 8.48. The van der Waals surface area contributed by atoms with Gasteiger partial charge >= 0.3 is 5.97 Å². The Labute approximate surface area is 382 Å². The molecule has 0 saturated carbocycles. The van der Waals surface area contributed by atoms with Crippen molar-refractivity contribution in [3.63, 3.8) is 0 Å². The first-order valence-corrected chi connectivity index (χ1v) is 21.8. The molecule has 0 aliphatic carbocycles. The number of anilines is 1. The summed E-state index contributed by atoms with van der Waals surface area (Å²) in [5.74, 6) is 0.111. The van der Waals surface area contributed by atoms with Gasteiger partial charge in [-0.15, -0.1) is 0 Å². The first-order valence-electron chi connectivity index (χ1n) is 21.1. The number of esters is 1. The molecule has 2 amide bonds. The summed E-state index contributed by atoms with van der Waals surface area (Å²) in [6.07, 6.45) is 0.398. The third kappa shape index (κ3) is 9.48. The largest absolute Gasteiger partial charge is 0.489 e. The van der Waals surface area contributed by atoms with E-state index < -0.39 is 24.2 Å². The summed E-state index contributed by atoms with van der Waals surface area (Å²) >= 11 is 12.2. The van der Waals surface area contributed by atoms with Gasteiger partial charge in [0.15, 0.2) is 0 Å². The molecule has 324 valence electrons. The second kappa shape index (κ2) is 19.4. The van der Waals surface area contributed by atoms with Crippen LogP contribution in [0, 0.1) is 11.3 Å². The number of halogens is 2. The van der Waals surface area contributed by atoms with Crippen molar-refractivity contribution >= 4 is 46.7 Å². The average Bonchev–Trinajstić information content (AvgIpc) is 3.33. The van der Waals surface area contributed by atoms with E-state index in [1.807, 2.05) is 97.1 Å². The summed E-state index contributed by atoms with van der Waals surface area (Å²) in [6, 6.07) is 42.2. The third-order valence-corrected chi connectivity index (χ3v) is 12.7. The molecule has 64 heavy (non-hydrogen) atoms. The number of carbonyl (C=O) groups excluding carboxylic acids is 3. The lowest BCUT2D eigenvalue weighted by Crippen LogP contribution is -2.55. The zero-order valence-electron chi connectivity index (χ0n) is 35.6. The fourth-order valence-corrected chi connectivity index (χ4v) is 8.84. The lowest BCUT2D eigenvalue weighted by molar-refractivity contribution is -0.146. The zero-order valence-corrected chi connectivity index (χ0v) is 37.1. The highest BCUT2D eigenvalue weighted by Crippen LogP contribution is 2.43. The van der Waals surface area contributed by atoms with E-state index in [9.17, 15) is 19.6 Å². The predicted octanol–water partition coefficient (Wildman–Crippen LogP) is 9.99. The van der Waals surface area contributed by atoms with Gasteiger partial charge in [0.1, 0.15) is 24.1 Å². The summed E-state index contributed by atoms with van der Waals surface area (Å²) in [4.78, 5) is 45.7. The lowest BCUT2D eigenvalue weighted by atomic mass is 9.88. The van der Waals surface area contributed by atoms with Gasteiger partial charge in [-0.05, 0) is 100 Å². The van der Waals surface area contributed by atoms with Gasteiger partial charge in [0, 0.05) is 31.6 Å². The number of fused-ring (bicyclic) bond motifs is 2. The number of rotatable bonds is 13. The van der Waals surface area contributed by atoms with Gasteiger partial charge in [0.05, 0.1) is 40.5 Å². The standard InChI is InChI=1S/C52H46Cl2N4O6/c1-4-45(37-8-6-5-7-9-37)58-30-40-28-48-46(57(2)51(60)49(64-48)38-19-21-41(22-20-38)63-31-34-14-23-42(53)43(54)24-34)26-39(40)27-47(58)50(59)56-44(52(61)62-3)25-32-10-15-35(16-11-32)36-17-12-33(29-55)13-18-36/h5-24,26,28,44-45,47,49H,4,25,27,30-31H2,1-3H3,(H,56,59)/t44-,45-,47-,49-/m0/s1. The first-order chi connectivity index (χ1) is 31.0. The van der Waals surface area contributed by atoms with Crippen molar-refractivity contribution in [1.29, 1.82) is 5.26 Å². The molecular weight excluding hydrogens is 847 g/mol. The number of ether oxygens (including phenoxy) is 3. The Morgan fingerprint density at radius 1 is 0.859 bits per heavy atom. The highest BCUT2D eigenvalue weighted by Gasteiger charge is 2.40. The van der Waals surface area contributed by atoms with Crippen LogP contribution in [0.3, 0.4) is 0 Å². The average molecular weight is 894 g/mol. The normalized spacial score (nSPS) is 16.6. The molecule has 1 N–H and O–H groups in total. The van der Waals surface area contributed by atoms with Crippen LogP contribution in [0.2, 0.25) is 10.0 Å². The van der Waals surface area contributed by atoms with Crippen molar-refractivity contribution in [2.75, 3.05) is 19.1 Å². The van der Waals surface area contributed by atoms with E-state index >= 15 is 0 Å². The van der Waals surface area contributed by atoms with E-state index in [4.69, 9.17) is 37.4 Å². The molecule has 0 spiro atoms. The minimum Gasteiger partial charge on any atom is -0.489 e. The van der Waals surface area contributed by atoms with Gasteiger partial charge in [-0.25, -0.2) is 4.79 Å². The fraction of sp³-hybridized carbons (Fsp3) is 0.231. The van der Waals surface area contributed by atoms with Crippen molar-refractivity contribution in [2.24, 2.45) is 0 Å². The Balaban J connectivity index is 1.03. The maximum absolute atomic E-state index is 14.7. The van der Waals surface area contributed by atoms with Crippen LogP contribution >= 0.6 is 23.2 Å². The minimum absolute atomic E-state index is 0.122. The summed E-state index contributed by atoms with van der Waals surface area (Å²) in [5, 5.41) is 13.2. The molecule has 0 aromatic heterocycles. The number of methoxy groups -OCH3 is 1. The molecule has 0 unspecified atom stereocenters. The van der Waals surface area contributed by atoms with Crippen molar-refractivity contribution in [1.82, 2.24) is 10.2 Å². The molecular formula is C52H46Cl2N4O6. The third-order valence-electron chi connectivity index (χ3n) is 12.0. The Bertz CT molecular complexity index is 2710. The van der Waals surface area contributed by atoms with E-state index in [2.05, 4.69) is 35.3 Å². The van der Waals surface area contributed by atoms with Gasteiger partial charge in [-0.3, -0.25) is 14.5 Å². The van der Waals surface area contributed by atoms with Crippen LogP contribution in [-0.2, 0) is 45.1 Å². The number of benzene rings is 6. The number of amides is 2. The molecule has 12 heteroatoms. The van der Waals surface area contributed by atoms with E-state index in [0.717, 1.165) is 45.4 Å². The van der Waals surface area contributed by atoms with Crippen molar-refractivity contribution in [2.45, 2.75) is 63.6 Å². The molecule has 0 fully saturated rings. The predicted molar refractivity (Wildman–Crippen MR) is 247 cm³/mol. The van der Waals surface area contributed by atoms with Crippen LogP contribution in [0.25, 0.3) is 11.1 Å². The summed E-state index contributed by atoms with van der Waals surface area (Å²) in [7, 11) is 3.05. The van der Waals surface area contributed by atoms with Gasteiger partial charge in [-0.1, -0.05) is 115 Å². The van der Waals surface area contributed by atoms with E-state index in [0.29, 0.717) is 57.9 Å². The second-order valence-corrected chi connectivity index (χ2v) is 16.8. The van der Waals surface area contributed by atoms with Crippen LogP contribution in [-0.4, -0.2) is 48.9 Å². The van der Waals surface area contributed by atoms with Gasteiger partial charge in [0.2, 0.25) is 12.0 Å². The van der Waals surface area contributed by atoms with Crippen LogP contribution in [0.5, 0.6) is 11.5 Å². The van der Waals surface area contributed by atoms with Gasteiger partial charge in [-0.2, -0.15) is 5.26 Å². The van der Waals surface area contributed by atoms with Crippen molar-refractivity contribution in [3.05, 3.63) is 182 Å². The summed E-state index contributed by atoms with van der Waals surface area (Å²) in [6.45, 7) is 2.82. The molecule has 8 rings (SSSR count). The topological polar surface area (TPSA) is 121 Å². The van der Waals surface area contributed by atoms with Gasteiger partial charge < -0.3 is 24.4 Å². The van der Waals surface area contributed by atoms with Crippen LogP contribution in [0.4, 0.5) is 5.69 Å². The van der Waals surface area contributed by atoms with Crippen LogP contribution in [0.15, 0.2) is 133 Å². The van der Waals surface area contributed by atoms with E-state index in [1.54, 1.807) is 36.2 Å². The second-order valence-electron chi connectivity index (χ2n) is 16.0. The Morgan fingerprint density at radius 3 is 2.20 bits per heavy atom. The highest BCUT2D eigenvalue weighted by molar-refractivity contribution is 6.42. The monoisotopic (exact) mass is 892 g/mol. The number of nitrogens with one attached hydrogen (secondary N) is 1. The van der Waals surface area contributed by atoms with E-state index in [1.165, 1.54) is 7.11 Å². The Kier molecular flexibility index (Phi) is 13.3. The summed E-state index contributed by atoms with van der Waals surface area (Å²) < 4.78 is 17.7. The molecule has 0 radical (unpaired) electrons. The molecule has 6 aromatic rings. The van der Waals surface area contributed by atoms with Crippen LogP contribution in [0.1, 0.15) is 64.4 Å². The first kappa shape index (κ1) is 44.0. The zero-order chi connectivity index (χ0) is 44.9. The van der Waals surface area contributed by atoms with E-state index in [-0.39, 0.29) is 24.3 Å². The Hall–Kier alpha value is -6.64. The quantitative estimate of drug-likeness (QED) is 0.114. The number of hydrogen-bond acceptors (Lipinski definition) is 8. The molecule has 2 aliphatic rings. The molecule has 2 aliphatic heterocycles. The number of hydrogen-bond donors (Lipinski definition) is 1. The van der Waals surface area contributed by atoms with Crippen LogP contribution < -0.4 is 19.7 Å². The maximum atomic E-state index is 14.7. The maximum Gasteiger partial charge on any atom is 0.328 e. The number of likely N-dealkylation sites (N-methyl/N-ethyl adjacent to an activating group) is 1. The Morgan fingerprint density at radius 2 is 1.55 bits per heavy atom. The number of nitriles is 1. The number of nitrogens with zero attached hydrogens (tertiary/aromatic N) is 3. The molecule has 4 atom stereocenters.